The molecule has 0 saturated heterocycles. The summed E-state index contributed by atoms with van der Waals surface area (Å²) in [5.41, 5.74) is 0. The van der Waals surface area contributed by atoms with E-state index in [1.54, 1.807) is 0 Å². The molecule has 0 bridgehead atoms. The van der Waals surface area contributed by atoms with Crippen LogP contribution in [0.15, 0.2) is 146 Å². The molecule has 0 aliphatic heterocycles. The van der Waals surface area contributed by atoms with E-state index in [-0.39, 0.29) is 37.5 Å². The van der Waals surface area contributed by atoms with Gasteiger partial charge in [0.15, 0.2) is 6.10 Å². The molecule has 6 nitrogen and oxygen atoms in total. The molecule has 0 spiro atoms. The zero-order valence-corrected chi connectivity index (χ0v) is 51.1. The fraction of sp³-hybridized carbons (Fsp3) is 0.630. The first-order valence-electron chi connectivity index (χ1n) is 32.3. The summed E-state index contributed by atoms with van der Waals surface area (Å²) in [4.78, 5) is 37.9. The van der Waals surface area contributed by atoms with E-state index in [9.17, 15) is 14.4 Å². The predicted octanol–water partition coefficient (Wildman–Crippen LogP) is 22.3. The number of allylic oxidation sites excluding steroid dienone is 24. The summed E-state index contributed by atoms with van der Waals surface area (Å²) in [6.45, 7) is 6.30. The molecule has 0 aromatic carbocycles. The van der Waals surface area contributed by atoms with Crippen LogP contribution in [-0.4, -0.2) is 37.2 Å². The molecule has 0 aromatic rings. The largest absolute Gasteiger partial charge is 0.462 e. The molecule has 1 unspecified atom stereocenters. The van der Waals surface area contributed by atoms with Gasteiger partial charge in [0.1, 0.15) is 13.2 Å². The maximum absolute atomic E-state index is 12.8. The normalized spacial score (nSPS) is 13.1. The molecule has 1 atom stereocenters. The molecule has 0 rings (SSSR count). The third-order valence-corrected chi connectivity index (χ3v) is 13.3. The van der Waals surface area contributed by atoms with E-state index in [4.69, 9.17) is 14.2 Å². The lowest BCUT2D eigenvalue weighted by atomic mass is 10.0. The molecule has 0 aliphatic carbocycles. The topological polar surface area (TPSA) is 78.9 Å². The lowest BCUT2D eigenvalue weighted by molar-refractivity contribution is -0.167. The first kappa shape index (κ1) is 74.3. The molecule has 0 radical (unpaired) electrons. The monoisotopic (exact) mass is 1090 g/mol. The van der Waals surface area contributed by atoms with Crippen molar-refractivity contribution in [3.63, 3.8) is 0 Å². The van der Waals surface area contributed by atoms with Crippen molar-refractivity contribution in [3.8, 4) is 0 Å². The van der Waals surface area contributed by atoms with Crippen LogP contribution in [0.4, 0.5) is 0 Å². The summed E-state index contributed by atoms with van der Waals surface area (Å²) < 4.78 is 16.7. The van der Waals surface area contributed by atoms with Gasteiger partial charge in [-0.3, -0.25) is 14.4 Å². The van der Waals surface area contributed by atoms with Gasteiger partial charge in [0, 0.05) is 19.3 Å². The summed E-state index contributed by atoms with van der Waals surface area (Å²) in [6, 6.07) is 0. The molecule has 6 heteroatoms. The van der Waals surface area contributed by atoms with E-state index in [1.165, 1.54) is 83.5 Å². The van der Waals surface area contributed by atoms with Gasteiger partial charge in [-0.1, -0.05) is 282 Å². The number of carbonyl (C=O) groups excluding carboxylic acids is 3. The van der Waals surface area contributed by atoms with Gasteiger partial charge in [-0.2, -0.15) is 0 Å². The van der Waals surface area contributed by atoms with Crippen LogP contribution in [-0.2, 0) is 28.6 Å². The average Bonchev–Trinajstić information content (AvgIpc) is 3.45. The van der Waals surface area contributed by atoms with Gasteiger partial charge in [-0.25, -0.2) is 0 Å². The highest BCUT2D eigenvalue weighted by Gasteiger charge is 2.19. The number of esters is 3. The lowest BCUT2D eigenvalue weighted by Gasteiger charge is -2.18. The van der Waals surface area contributed by atoms with E-state index in [2.05, 4.69) is 167 Å². The Morgan fingerprint density at radius 2 is 0.494 bits per heavy atom. The van der Waals surface area contributed by atoms with E-state index in [0.29, 0.717) is 12.8 Å². The van der Waals surface area contributed by atoms with Gasteiger partial charge in [-0.05, 0) is 122 Å². The first-order chi connectivity index (χ1) is 39.0. The van der Waals surface area contributed by atoms with Crippen LogP contribution in [0.1, 0.15) is 278 Å². The van der Waals surface area contributed by atoms with Gasteiger partial charge in [0.25, 0.3) is 0 Å². The van der Waals surface area contributed by atoms with Crippen molar-refractivity contribution in [2.45, 2.75) is 284 Å². The highest BCUT2D eigenvalue weighted by molar-refractivity contribution is 5.71. The van der Waals surface area contributed by atoms with Gasteiger partial charge in [0.2, 0.25) is 0 Å². The zero-order valence-electron chi connectivity index (χ0n) is 51.1. The van der Waals surface area contributed by atoms with E-state index >= 15 is 0 Å². The van der Waals surface area contributed by atoms with E-state index in [0.717, 1.165) is 154 Å². The molecule has 79 heavy (non-hydrogen) atoms. The Morgan fingerprint density at radius 3 is 0.785 bits per heavy atom. The molecular formula is C73H118O6. The van der Waals surface area contributed by atoms with Crippen molar-refractivity contribution in [1.29, 1.82) is 0 Å². The molecule has 0 fully saturated rings. The number of hydrogen-bond acceptors (Lipinski definition) is 6. The van der Waals surface area contributed by atoms with Crippen molar-refractivity contribution >= 4 is 17.9 Å². The summed E-state index contributed by atoms with van der Waals surface area (Å²) in [5, 5.41) is 0. The second-order valence-corrected chi connectivity index (χ2v) is 20.9. The zero-order chi connectivity index (χ0) is 57.1. The molecule has 0 amide bonds. The smallest absolute Gasteiger partial charge is 0.306 e. The summed E-state index contributed by atoms with van der Waals surface area (Å²) >= 11 is 0. The van der Waals surface area contributed by atoms with Crippen LogP contribution in [0, 0.1) is 0 Å². The van der Waals surface area contributed by atoms with Crippen LogP contribution in [0.2, 0.25) is 0 Å². The number of unbranched alkanes of at least 4 members (excludes halogenated alkanes) is 22. The lowest BCUT2D eigenvalue weighted by Crippen LogP contribution is -2.30. The number of carbonyl (C=O) groups is 3. The van der Waals surface area contributed by atoms with Crippen molar-refractivity contribution in [2.75, 3.05) is 13.2 Å². The Balaban J connectivity index is 4.10. The number of ether oxygens (including phenoxy) is 3. The Kier molecular flexibility index (Phi) is 61.9. The third-order valence-electron chi connectivity index (χ3n) is 13.3. The highest BCUT2D eigenvalue weighted by atomic mass is 16.6. The average molecular weight is 1090 g/mol. The summed E-state index contributed by atoms with van der Waals surface area (Å²) in [6.07, 6.45) is 94.8. The van der Waals surface area contributed by atoms with E-state index in [1.807, 2.05) is 0 Å². The number of hydrogen-bond donors (Lipinski definition) is 0. The van der Waals surface area contributed by atoms with Crippen molar-refractivity contribution in [3.05, 3.63) is 146 Å². The Hall–Kier alpha value is -4.71. The van der Waals surface area contributed by atoms with Crippen molar-refractivity contribution < 1.29 is 28.6 Å². The first-order valence-corrected chi connectivity index (χ1v) is 32.3. The predicted molar refractivity (Wildman–Crippen MR) is 343 cm³/mol. The standard InChI is InChI=1S/C73H118O6/c1-4-7-10-13-15-17-19-21-23-25-27-29-31-33-34-35-36-37-38-40-41-43-45-47-49-51-53-55-57-60-63-66-72(75)78-69-70(68-77-71(74)65-62-59-12-9-6-3)79-73(76)67-64-61-58-56-54-52-50-48-46-44-42-39-32-30-28-26-24-22-20-18-16-14-11-8-5-2/h7-8,10-11,15-18,21-24,27-30,33-34,39,42,46,48,52,54,70H,4-6,9,12-14,19-20,25-26,31-32,35-38,40-41,43-45,47,49-51,53,55-69H2,1-3H3/b10-7-,11-8-,17-15-,18-16-,23-21-,24-22-,29-27-,30-28-,34-33-,42-39-,48-46-,54-52-. The second-order valence-electron chi connectivity index (χ2n) is 20.9. The van der Waals surface area contributed by atoms with Gasteiger partial charge in [0.05, 0.1) is 0 Å². The van der Waals surface area contributed by atoms with Gasteiger partial charge < -0.3 is 14.2 Å². The maximum Gasteiger partial charge on any atom is 0.306 e. The molecule has 0 aliphatic rings. The van der Waals surface area contributed by atoms with Crippen LogP contribution < -0.4 is 0 Å². The van der Waals surface area contributed by atoms with E-state index < -0.39 is 6.10 Å². The maximum atomic E-state index is 12.8. The molecule has 0 heterocycles. The Labute approximate surface area is 487 Å². The van der Waals surface area contributed by atoms with Crippen LogP contribution >= 0.6 is 0 Å². The second kappa shape index (κ2) is 65.8. The Morgan fingerprint density at radius 1 is 0.266 bits per heavy atom. The summed E-state index contributed by atoms with van der Waals surface area (Å²) in [5.74, 6) is -0.943. The SMILES string of the molecule is CC/C=C\C/C=C\C/C=C\C/C=C\C/C=C\C/C=C\C/C=C\CCCCCC(=O)OC(COC(=O)CCCCCCC)COC(=O)CCCCCCCCCCCCCCCCC/C=C\C/C=C\C/C=C\C/C=C\C/C=C\CC. The molecule has 0 saturated carbocycles. The van der Waals surface area contributed by atoms with Crippen LogP contribution in [0.5, 0.6) is 0 Å². The van der Waals surface area contributed by atoms with Crippen molar-refractivity contribution in [2.24, 2.45) is 0 Å². The van der Waals surface area contributed by atoms with Gasteiger partial charge >= 0.3 is 17.9 Å². The minimum atomic E-state index is -0.798. The quantitative estimate of drug-likeness (QED) is 0.0261. The van der Waals surface area contributed by atoms with Gasteiger partial charge in [-0.15, -0.1) is 0 Å². The Bertz CT molecular complexity index is 1730. The minimum absolute atomic E-state index is 0.0949. The van der Waals surface area contributed by atoms with Crippen molar-refractivity contribution in [1.82, 2.24) is 0 Å². The van der Waals surface area contributed by atoms with Crippen LogP contribution in [0.25, 0.3) is 0 Å². The molecule has 446 valence electrons. The molecule has 0 N–H and O–H groups in total. The highest BCUT2D eigenvalue weighted by Crippen LogP contribution is 2.16. The van der Waals surface area contributed by atoms with Crippen LogP contribution in [0.3, 0.4) is 0 Å². The minimum Gasteiger partial charge on any atom is -0.462 e. The fourth-order valence-electron chi connectivity index (χ4n) is 8.57. The molecular weight excluding hydrogens is 973 g/mol. The molecule has 0 aromatic heterocycles. The number of rotatable bonds is 57. The fourth-order valence-corrected chi connectivity index (χ4v) is 8.57. The summed E-state index contributed by atoms with van der Waals surface area (Å²) in [7, 11) is 0. The third kappa shape index (κ3) is 64.0.